The van der Waals surface area contributed by atoms with Crippen LogP contribution in [0.15, 0.2) is 47.6 Å². The number of aliphatic hydroxyl groups excluding tert-OH is 1. The van der Waals surface area contributed by atoms with Gasteiger partial charge in [-0.25, -0.2) is 0 Å². The number of allylic oxidation sites excluding steroid dienone is 6. The number of hydrogen-bond donors (Lipinski definition) is 1. The van der Waals surface area contributed by atoms with Crippen LogP contribution in [0.3, 0.4) is 0 Å². The highest BCUT2D eigenvalue weighted by Crippen LogP contribution is 2.51. The highest BCUT2D eigenvalue weighted by molar-refractivity contribution is 5.36. The molecule has 1 N–H and O–H groups in total. The Hall–Kier alpha value is -1.08. The Morgan fingerprint density at radius 1 is 0.964 bits per heavy atom. The molecular formula is C27H42O. The summed E-state index contributed by atoms with van der Waals surface area (Å²) in [6.07, 6.45) is 18.9. The van der Waals surface area contributed by atoms with Crippen molar-refractivity contribution in [2.45, 2.75) is 85.2 Å². The van der Waals surface area contributed by atoms with E-state index in [1.54, 1.807) is 5.57 Å². The van der Waals surface area contributed by atoms with E-state index in [4.69, 9.17) is 0 Å². The van der Waals surface area contributed by atoms with E-state index in [1.807, 2.05) is 0 Å². The smallest absolute Gasteiger partial charge is 0.0583 e. The van der Waals surface area contributed by atoms with Crippen molar-refractivity contribution < 1.29 is 5.11 Å². The first-order chi connectivity index (χ1) is 13.4. The molecule has 156 valence electrons. The van der Waals surface area contributed by atoms with E-state index in [9.17, 15) is 5.11 Å². The largest absolute Gasteiger partial charge is 0.393 e. The molecule has 0 bridgehead atoms. The molecule has 0 spiro atoms. The van der Waals surface area contributed by atoms with Gasteiger partial charge in [-0.15, -0.1) is 0 Å². The number of hydrogen-bond acceptors (Lipinski definition) is 1. The van der Waals surface area contributed by atoms with Crippen molar-refractivity contribution in [3.63, 3.8) is 0 Å². The lowest BCUT2D eigenvalue weighted by atomic mass is 9.71. The van der Waals surface area contributed by atoms with Gasteiger partial charge in [0.1, 0.15) is 0 Å². The van der Waals surface area contributed by atoms with Crippen LogP contribution in [0, 0.1) is 35.5 Å². The van der Waals surface area contributed by atoms with Gasteiger partial charge >= 0.3 is 0 Å². The van der Waals surface area contributed by atoms with E-state index in [0.717, 1.165) is 42.9 Å². The highest BCUT2D eigenvalue weighted by atomic mass is 16.3. The van der Waals surface area contributed by atoms with Crippen LogP contribution in [-0.2, 0) is 0 Å². The molecule has 6 atom stereocenters. The first-order valence-electron chi connectivity index (χ1n) is 11.8. The fourth-order valence-corrected chi connectivity index (χ4v) is 5.67. The van der Waals surface area contributed by atoms with E-state index in [1.165, 1.54) is 43.3 Å². The first kappa shape index (κ1) is 21.6. The lowest BCUT2D eigenvalue weighted by molar-refractivity contribution is 0.158. The van der Waals surface area contributed by atoms with E-state index >= 15 is 0 Å². The van der Waals surface area contributed by atoms with Gasteiger partial charge in [-0.1, -0.05) is 69.7 Å². The maximum absolute atomic E-state index is 9.99. The third kappa shape index (κ3) is 5.09. The molecule has 1 heteroatoms. The van der Waals surface area contributed by atoms with Crippen molar-refractivity contribution in [3.05, 3.63) is 47.6 Å². The molecule has 0 aromatic rings. The summed E-state index contributed by atoms with van der Waals surface area (Å²) in [6.45, 7) is 13.7. The van der Waals surface area contributed by atoms with Crippen LogP contribution >= 0.6 is 0 Å². The minimum Gasteiger partial charge on any atom is -0.393 e. The summed E-state index contributed by atoms with van der Waals surface area (Å²) in [5, 5.41) is 9.99. The van der Waals surface area contributed by atoms with Crippen LogP contribution in [0.1, 0.15) is 79.1 Å². The molecule has 0 radical (unpaired) electrons. The predicted molar refractivity (Wildman–Crippen MR) is 121 cm³/mol. The average Bonchev–Trinajstić information content (AvgIpc) is 3.11. The summed E-state index contributed by atoms with van der Waals surface area (Å²) in [5.41, 5.74) is 4.18. The maximum Gasteiger partial charge on any atom is 0.0583 e. The lowest BCUT2D eigenvalue weighted by Crippen LogP contribution is -2.24. The van der Waals surface area contributed by atoms with Gasteiger partial charge in [0, 0.05) is 0 Å². The van der Waals surface area contributed by atoms with Gasteiger partial charge in [-0.3, -0.25) is 0 Å². The van der Waals surface area contributed by atoms with Gasteiger partial charge in [-0.2, -0.15) is 0 Å². The second-order valence-corrected chi connectivity index (χ2v) is 10.2. The first-order valence-corrected chi connectivity index (χ1v) is 11.8. The molecule has 0 aromatic heterocycles. The predicted octanol–water partition coefficient (Wildman–Crippen LogP) is 7.25. The SMILES string of the molecule is C=C1CCC(O)C/C1=C/C=C1\CCCC2C1CCC2C(C)/C=C/C(C)C(C)C. The Kier molecular flexibility index (Phi) is 7.42. The Bertz CT molecular complexity index is 635. The molecule has 3 fully saturated rings. The molecule has 3 aliphatic rings. The normalized spacial score (nSPS) is 36.4. The molecule has 0 saturated heterocycles. The van der Waals surface area contributed by atoms with Crippen molar-refractivity contribution in [1.82, 2.24) is 0 Å². The molecule has 3 aliphatic carbocycles. The molecule has 1 nitrogen and oxygen atoms in total. The van der Waals surface area contributed by atoms with Crippen molar-refractivity contribution in [2.24, 2.45) is 35.5 Å². The fourth-order valence-electron chi connectivity index (χ4n) is 5.67. The summed E-state index contributed by atoms with van der Waals surface area (Å²) in [4.78, 5) is 0. The minimum atomic E-state index is -0.175. The number of rotatable bonds is 5. The third-order valence-electron chi connectivity index (χ3n) is 7.99. The van der Waals surface area contributed by atoms with Gasteiger partial charge < -0.3 is 5.11 Å². The van der Waals surface area contributed by atoms with Crippen molar-refractivity contribution in [1.29, 1.82) is 0 Å². The second kappa shape index (κ2) is 9.61. The summed E-state index contributed by atoms with van der Waals surface area (Å²) >= 11 is 0. The van der Waals surface area contributed by atoms with Crippen molar-refractivity contribution >= 4 is 0 Å². The Morgan fingerprint density at radius 2 is 1.75 bits per heavy atom. The molecule has 28 heavy (non-hydrogen) atoms. The topological polar surface area (TPSA) is 20.2 Å². The highest BCUT2D eigenvalue weighted by Gasteiger charge is 2.41. The third-order valence-corrected chi connectivity index (χ3v) is 7.99. The van der Waals surface area contributed by atoms with Crippen LogP contribution in [-0.4, -0.2) is 11.2 Å². The molecule has 0 aromatic carbocycles. The molecule has 0 heterocycles. The van der Waals surface area contributed by atoms with E-state index in [2.05, 4.69) is 58.6 Å². The van der Waals surface area contributed by atoms with Gasteiger partial charge in [0.25, 0.3) is 0 Å². The molecule has 3 saturated carbocycles. The number of aliphatic hydroxyl groups is 1. The Morgan fingerprint density at radius 3 is 2.50 bits per heavy atom. The van der Waals surface area contributed by atoms with E-state index in [0.29, 0.717) is 11.8 Å². The molecule has 6 unspecified atom stereocenters. The Labute approximate surface area is 173 Å². The zero-order valence-electron chi connectivity index (χ0n) is 18.7. The van der Waals surface area contributed by atoms with Gasteiger partial charge in [0.05, 0.1) is 6.10 Å². The lowest BCUT2D eigenvalue weighted by Gasteiger charge is -2.33. The molecular weight excluding hydrogens is 340 g/mol. The standard InChI is InChI=1S/C27H42O/c1-18(2)19(3)9-10-21(5)25-15-16-26-22(7-6-8-27(25)26)12-13-23-17-24(28)14-11-20(23)4/h9-10,12-13,18-19,21,24-28H,4,6-8,11,14-17H2,1-3,5H3/b10-9+,22-12+,23-13-. The number of fused-ring (bicyclic) bond motifs is 1. The quantitative estimate of drug-likeness (QED) is 0.496. The van der Waals surface area contributed by atoms with Crippen LogP contribution in [0.2, 0.25) is 0 Å². The second-order valence-electron chi connectivity index (χ2n) is 10.2. The van der Waals surface area contributed by atoms with Gasteiger partial charge in [0.2, 0.25) is 0 Å². The minimum absolute atomic E-state index is 0.175. The van der Waals surface area contributed by atoms with Crippen molar-refractivity contribution in [2.75, 3.05) is 0 Å². The van der Waals surface area contributed by atoms with Crippen LogP contribution in [0.25, 0.3) is 0 Å². The van der Waals surface area contributed by atoms with Crippen LogP contribution in [0.4, 0.5) is 0 Å². The van der Waals surface area contributed by atoms with Crippen molar-refractivity contribution in [3.8, 4) is 0 Å². The van der Waals surface area contributed by atoms with Gasteiger partial charge in [-0.05, 0) is 92.4 Å². The van der Waals surface area contributed by atoms with Crippen LogP contribution < -0.4 is 0 Å². The summed E-state index contributed by atoms with van der Waals surface area (Å²) < 4.78 is 0. The Balaban J connectivity index is 1.68. The monoisotopic (exact) mass is 382 g/mol. The summed E-state index contributed by atoms with van der Waals surface area (Å²) in [5.74, 6) is 4.60. The summed E-state index contributed by atoms with van der Waals surface area (Å²) in [7, 11) is 0. The maximum atomic E-state index is 9.99. The van der Waals surface area contributed by atoms with Crippen LogP contribution in [0.5, 0.6) is 0 Å². The summed E-state index contributed by atoms with van der Waals surface area (Å²) in [6, 6.07) is 0. The molecule has 3 rings (SSSR count). The molecule has 0 amide bonds. The zero-order valence-corrected chi connectivity index (χ0v) is 18.7. The van der Waals surface area contributed by atoms with E-state index < -0.39 is 0 Å². The van der Waals surface area contributed by atoms with Gasteiger partial charge in [0.15, 0.2) is 0 Å². The fraction of sp³-hybridized carbons (Fsp3) is 0.704. The molecule has 0 aliphatic heterocycles. The van der Waals surface area contributed by atoms with E-state index in [-0.39, 0.29) is 6.10 Å². The zero-order chi connectivity index (χ0) is 20.3. The average molecular weight is 383 g/mol.